The molecule has 32 heavy (non-hydrogen) atoms. The SMILES string of the molecule is COc1ccccc1NS(=O)(=O)c1cc(C(=O)NCCCOC2CCCCC2)ccc1C. The average molecular weight is 461 g/mol. The zero-order valence-corrected chi connectivity index (χ0v) is 19.5. The van der Waals surface area contributed by atoms with E-state index in [-0.39, 0.29) is 10.8 Å². The van der Waals surface area contributed by atoms with Gasteiger partial charge in [0.05, 0.1) is 23.8 Å². The van der Waals surface area contributed by atoms with Crippen LogP contribution in [0.15, 0.2) is 47.4 Å². The number of nitrogens with one attached hydrogen (secondary N) is 2. The molecule has 0 radical (unpaired) electrons. The van der Waals surface area contributed by atoms with Crippen LogP contribution in [0.4, 0.5) is 5.69 Å². The highest BCUT2D eigenvalue weighted by Crippen LogP contribution is 2.27. The van der Waals surface area contributed by atoms with Gasteiger partial charge in [0.2, 0.25) is 0 Å². The van der Waals surface area contributed by atoms with Gasteiger partial charge >= 0.3 is 0 Å². The van der Waals surface area contributed by atoms with Gasteiger partial charge in [-0.15, -0.1) is 0 Å². The maximum Gasteiger partial charge on any atom is 0.262 e. The third-order valence-electron chi connectivity index (χ3n) is 5.60. The zero-order chi connectivity index (χ0) is 23.0. The Balaban J connectivity index is 1.59. The summed E-state index contributed by atoms with van der Waals surface area (Å²) in [6.45, 7) is 2.78. The third-order valence-corrected chi connectivity index (χ3v) is 7.11. The highest BCUT2D eigenvalue weighted by molar-refractivity contribution is 7.92. The van der Waals surface area contributed by atoms with Crippen LogP contribution in [0.1, 0.15) is 54.4 Å². The van der Waals surface area contributed by atoms with Crippen LogP contribution in [0.2, 0.25) is 0 Å². The van der Waals surface area contributed by atoms with Gasteiger partial charge in [-0.05, 0) is 56.0 Å². The van der Waals surface area contributed by atoms with Crippen molar-refractivity contribution in [3.05, 3.63) is 53.6 Å². The number of anilines is 1. The van der Waals surface area contributed by atoms with Crippen LogP contribution in [-0.2, 0) is 14.8 Å². The Kier molecular flexibility index (Phi) is 8.53. The summed E-state index contributed by atoms with van der Waals surface area (Å²) in [6, 6.07) is 11.4. The molecule has 7 nitrogen and oxygen atoms in total. The van der Waals surface area contributed by atoms with Gasteiger partial charge in [0.1, 0.15) is 5.75 Å². The zero-order valence-electron chi connectivity index (χ0n) is 18.7. The molecule has 1 aliphatic rings. The molecule has 0 atom stereocenters. The van der Waals surface area contributed by atoms with E-state index in [1.54, 1.807) is 43.3 Å². The Bertz CT molecular complexity index is 1020. The minimum absolute atomic E-state index is 0.0525. The smallest absolute Gasteiger partial charge is 0.262 e. The summed E-state index contributed by atoms with van der Waals surface area (Å²) in [7, 11) is -2.43. The van der Waals surface area contributed by atoms with Crippen molar-refractivity contribution in [1.82, 2.24) is 5.32 Å². The fourth-order valence-electron chi connectivity index (χ4n) is 3.82. The first-order chi connectivity index (χ1) is 15.4. The van der Waals surface area contributed by atoms with Crippen molar-refractivity contribution in [2.45, 2.75) is 56.4 Å². The van der Waals surface area contributed by atoms with Crippen molar-refractivity contribution in [2.24, 2.45) is 0 Å². The largest absolute Gasteiger partial charge is 0.495 e. The predicted molar refractivity (Wildman–Crippen MR) is 125 cm³/mol. The lowest BCUT2D eigenvalue weighted by Crippen LogP contribution is -2.26. The molecule has 0 bridgehead atoms. The van der Waals surface area contributed by atoms with Gasteiger partial charge in [-0.3, -0.25) is 9.52 Å². The van der Waals surface area contributed by atoms with Gasteiger partial charge in [0.15, 0.2) is 0 Å². The first-order valence-electron chi connectivity index (χ1n) is 11.1. The molecule has 8 heteroatoms. The number of rotatable bonds is 10. The summed E-state index contributed by atoms with van der Waals surface area (Å²) in [5, 5.41) is 2.85. The second-order valence-corrected chi connectivity index (χ2v) is 9.68. The second-order valence-electron chi connectivity index (χ2n) is 8.03. The second kappa shape index (κ2) is 11.3. The Morgan fingerprint density at radius 3 is 2.59 bits per heavy atom. The number of methoxy groups -OCH3 is 1. The summed E-state index contributed by atoms with van der Waals surface area (Å²) >= 11 is 0. The van der Waals surface area contributed by atoms with Crippen molar-refractivity contribution < 1.29 is 22.7 Å². The average Bonchev–Trinajstić information content (AvgIpc) is 2.79. The lowest BCUT2D eigenvalue weighted by atomic mass is 9.98. The van der Waals surface area contributed by atoms with Crippen LogP contribution in [0.5, 0.6) is 5.75 Å². The molecule has 3 rings (SSSR count). The van der Waals surface area contributed by atoms with E-state index in [9.17, 15) is 13.2 Å². The molecule has 0 unspecified atom stereocenters. The molecule has 0 saturated heterocycles. The number of ether oxygens (including phenoxy) is 2. The fourth-order valence-corrected chi connectivity index (χ4v) is 5.16. The van der Waals surface area contributed by atoms with E-state index >= 15 is 0 Å². The van der Waals surface area contributed by atoms with E-state index in [0.717, 1.165) is 12.8 Å². The van der Waals surface area contributed by atoms with Gasteiger partial charge in [0.25, 0.3) is 15.9 Å². The van der Waals surface area contributed by atoms with Crippen LogP contribution >= 0.6 is 0 Å². The van der Waals surface area contributed by atoms with Crippen molar-refractivity contribution in [3.63, 3.8) is 0 Å². The summed E-state index contributed by atoms with van der Waals surface area (Å²) in [6.07, 6.45) is 7.05. The minimum atomic E-state index is -3.90. The van der Waals surface area contributed by atoms with Crippen LogP contribution in [0.25, 0.3) is 0 Å². The number of carbonyl (C=O) groups is 1. The maximum atomic E-state index is 13.0. The van der Waals surface area contributed by atoms with Crippen molar-refractivity contribution >= 4 is 21.6 Å². The number of carbonyl (C=O) groups excluding carboxylic acids is 1. The third kappa shape index (κ3) is 6.46. The molecule has 2 aromatic rings. The Morgan fingerprint density at radius 2 is 1.84 bits per heavy atom. The monoisotopic (exact) mass is 460 g/mol. The molecule has 0 spiro atoms. The van der Waals surface area contributed by atoms with Crippen molar-refractivity contribution in [1.29, 1.82) is 0 Å². The number of hydrogen-bond acceptors (Lipinski definition) is 5. The number of para-hydroxylation sites is 2. The summed E-state index contributed by atoms with van der Waals surface area (Å²) in [5.41, 5.74) is 1.18. The van der Waals surface area contributed by atoms with Crippen LogP contribution in [-0.4, -0.2) is 40.7 Å². The highest BCUT2D eigenvalue weighted by Gasteiger charge is 2.21. The molecule has 2 N–H and O–H groups in total. The van der Waals surface area contributed by atoms with Crippen LogP contribution in [0, 0.1) is 6.92 Å². The lowest BCUT2D eigenvalue weighted by molar-refractivity contribution is 0.0273. The molecule has 0 aliphatic heterocycles. The first-order valence-corrected chi connectivity index (χ1v) is 12.6. The molecule has 0 aromatic heterocycles. The van der Waals surface area contributed by atoms with Crippen molar-refractivity contribution in [3.8, 4) is 5.75 Å². The van der Waals surface area contributed by atoms with E-state index < -0.39 is 10.0 Å². The Hall–Kier alpha value is -2.58. The topological polar surface area (TPSA) is 93.7 Å². The molecule has 2 aromatic carbocycles. The first kappa shape index (κ1) is 24.1. The van der Waals surface area contributed by atoms with E-state index in [4.69, 9.17) is 9.47 Å². The van der Waals surface area contributed by atoms with Gasteiger partial charge in [-0.1, -0.05) is 37.5 Å². The van der Waals surface area contributed by atoms with Gasteiger partial charge in [0, 0.05) is 18.7 Å². The normalized spacial score (nSPS) is 14.7. The van der Waals surface area contributed by atoms with E-state index in [1.165, 1.54) is 32.4 Å². The summed E-state index contributed by atoms with van der Waals surface area (Å²) < 4.78 is 39.6. The van der Waals surface area contributed by atoms with Gasteiger partial charge in [-0.2, -0.15) is 0 Å². The van der Waals surface area contributed by atoms with E-state index in [2.05, 4.69) is 10.0 Å². The summed E-state index contributed by atoms with van der Waals surface area (Å²) in [4.78, 5) is 12.6. The number of amides is 1. The Morgan fingerprint density at radius 1 is 1.09 bits per heavy atom. The lowest BCUT2D eigenvalue weighted by Gasteiger charge is -2.21. The number of aryl methyl sites for hydroxylation is 1. The summed E-state index contributed by atoms with van der Waals surface area (Å²) in [5.74, 6) is 0.106. The standard InChI is InChI=1S/C24H32N2O5S/c1-18-13-14-19(24(27)25-15-8-16-31-20-9-4-3-5-10-20)17-23(18)32(28,29)26-21-11-6-7-12-22(21)30-2/h6-7,11-14,17,20,26H,3-5,8-10,15-16H2,1-2H3,(H,25,27). The molecule has 174 valence electrons. The fraction of sp³-hybridized carbons (Fsp3) is 0.458. The number of hydrogen-bond donors (Lipinski definition) is 2. The molecular weight excluding hydrogens is 428 g/mol. The Labute approximate surface area is 190 Å². The number of sulfonamides is 1. The molecule has 1 fully saturated rings. The molecule has 1 aliphatic carbocycles. The molecule has 1 saturated carbocycles. The quantitative estimate of drug-likeness (QED) is 0.517. The number of benzene rings is 2. The van der Waals surface area contributed by atoms with E-state index in [0.29, 0.717) is 48.2 Å². The predicted octanol–water partition coefficient (Wildman–Crippen LogP) is 4.27. The van der Waals surface area contributed by atoms with E-state index in [1.807, 2.05) is 0 Å². The van der Waals surface area contributed by atoms with Gasteiger partial charge in [-0.25, -0.2) is 8.42 Å². The maximum absolute atomic E-state index is 13.0. The highest BCUT2D eigenvalue weighted by atomic mass is 32.2. The molecule has 0 heterocycles. The van der Waals surface area contributed by atoms with Crippen molar-refractivity contribution in [2.75, 3.05) is 25.0 Å². The van der Waals surface area contributed by atoms with Crippen LogP contribution in [0.3, 0.4) is 0 Å². The minimum Gasteiger partial charge on any atom is -0.495 e. The molecular formula is C24H32N2O5S. The van der Waals surface area contributed by atoms with Gasteiger partial charge < -0.3 is 14.8 Å². The molecule has 1 amide bonds. The van der Waals surface area contributed by atoms with Crippen LogP contribution < -0.4 is 14.8 Å².